The quantitative estimate of drug-likeness (QED) is 0.0171. The number of nitrogens with one attached hydrogen (secondary N) is 5. The number of para-hydroxylation sites is 3. The van der Waals surface area contributed by atoms with E-state index in [4.69, 9.17) is 15.9 Å². The Morgan fingerprint density at radius 1 is 0.312 bits per heavy atom. The Morgan fingerprint density at radius 3 is 0.841 bits per heavy atom. The lowest BCUT2D eigenvalue weighted by molar-refractivity contribution is -0.143. The van der Waals surface area contributed by atoms with Crippen LogP contribution in [0.3, 0.4) is 0 Å². The van der Waals surface area contributed by atoms with Crippen LogP contribution in [0.1, 0.15) is 193 Å². The van der Waals surface area contributed by atoms with Crippen LogP contribution in [-0.2, 0) is 106 Å². The molecule has 12 rings (SSSR count). The van der Waals surface area contributed by atoms with E-state index in [1.165, 1.54) is 65.9 Å². The third-order valence-electron chi connectivity index (χ3n) is 23.3. The van der Waals surface area contributed by atoms with Gasteiger partial charge in [0.1, 0.15) is 6.54 Å². The lowest BCUT2D eigenvalue weighted by Gasteiger charge is -2.21. The van der Waals surface area contributed by atoms with Crippen molar-refractivity contribution in [2.24, 2.45) is 5.73 Å². The highest BCUT2D eigenvalue weighted by Crippen LogP contribution is 2.24. The Labute approximate surface area is 812 Å². The highest BCUT2D eigenvalue weighted by molar-refractivity contribution is 5.88. The van der Waals surface area contributed by atoms with Crippen LogP contribution >= 0.6 is 0 Å². The number of nitrogens with two attached hydrogens (primary N) is 1. The van der Waals surface area contributed by atoms with Crippen molar-refractivity contribution in [1.29, 1.82) is 0 Å². The topological polar surface area (TPSA) is 422 Å². The zero-order valence-electron chi connectivity index (χ0n) is 81.8. The van der Waals surface area contributed by atoms with Gasteiger partial charge in [0.05, 0.1) is 19.5 Å². The number of pyridine rings is 6. The normalized spacial score (nSPS) is 11.2. The number of nitrogens with zero attached hydrogens (tertiary/aromatic N) is 11. The van der Waals surface area contributed by atoms with Crippen molar-refractivity contribution in [3.63, 3.8) is 0 Å². The van der Waals surface area contributed by atoms with Crippen LogP contribution in [0.15, 0.2) is 239 Å². The number of aromatic nitrogens is 9. The van der Waals surface area contributed by atoms with E-state index in [1.54, 1.807) is 98.3 Å². The first-order valence-electron chi connectivity index (χ1n) is 47.8. The van der Waals surface area contributed by atoms with Gasteiger partial charge in [-0.05, 0) is 283 Å². The first-order valence-corrected chi connectivity index (χ1v) is 47.8. The van der Waals surface area contributed by atoms with Gasteiger partial charge in [-0.25, -0.2) is 0 Å². The van der Waals surface area contributed by atoms with Crippen molar-refractivity contribution in [2.45, 2.75) is 219 Å². The molecule has 9 heterocycles. The highest BCUT2D eigenvalue weighted by Gasteiger charge is 2.22. The van der Waals surface area contributed by atoms with E-state index in [2.05, 4.69) is 118 Å². The van der Waals surface area contributed by atoms with Crippen LogP contribution < -0.4 is 16.4 Å². The van der Waals surface area contributed by atoms with Gasteiger partial charge in [0.15, 0.2) is 0 Å². The average Bonchev–Trinajstić information content (AvgIpc) is 1.70. The molecule has 12 aromatic rings. The summed E-state index contributed by atoms with van der Waals surface area (Å²) in [5.74, 6) is -2.96. The highest BCUT2D eigenvalue weighted by atomic mass is 16.4. The Kier molecular flexibility index (Phi) is 53.4. The molecule has 30 heteroatoms. The van der Waals surface area contributed by atoms with Crippen molar-refractivity contribution in [2.75, 3.05) is 68.0 Å². The maximum Gasteiger partial charge on any atom is 0.323 e. The van der Waals surface area contributed by atoms with Crippen molar-refractivity contribution < 1.29 is 63.3 Å². The van der Waals surface area contributed by atoms with Gasteiger partial charge < -0.3 is 71.1 Å². The van der Waals surface area contributed by atoms with Crippen molar-refractivity contribution in [3.05, 3.63) is 289 Å². The number of carbonyl (C=O) groups is 10. The summed E-state index contributed by atoms with van der Waals surface area (Å²) in [5, 5.41) is 35.7. The van der Waals surface area contributed by atoms with Crippen LogP contribution in [0.5, 0.6) is 0 Å². The molecule has 738 valence electrons. The minimum Gasteiger partial charge on any atom is -0.481 e. The second-order valence-electron chi connectivity index (χ2n) is 34.0. The third-order valence-corrected chi connectivity index (χ3v) is 23.3. The number of fused-ring (bicyclic) bond motifs is 3. The molecule has 0 saturated heterocycles. The zero-order valence-corrected chi connectivity index (χ0v) is 81.8. The fourth-order valence-corrected chi connectivity index (χ4v) is 14.7. The van der Waals surface area contributed by atoms with E-state index in [1.807, 2.05) is 143 Å². The third kappa shape index (κ3) is 45.9. The van der Waals surface area contributed by atoms with Gasteiger partial charge in [-0.3, -0.25) is 77.8 Å². The number of rotatable bonds is 47. The van der Waals surface area contributed by atoms with Gasteiger partial charge in [-0.2, -0.15) is 0 Å². The number of benzene rings is 3. The number of H-pyrrole nitrogens is 3. The minimum atomic E-state index is -0.991. The second-order valence-corrected chi connectivity index (χ2v) is 34.0. The Hall–Kier alpha value is -14.2. The predicted molar refractivity (Wildman–Crippen MR) is 542 cm³/mol. The Bertz CT molecular complexity index is 5460. The molecule has 0 radical (unpaired) electrons. The molecule has 0 spiro atoms. The molecule has 10 N–H and O–H groups in total. The van der Waals surface area contributed by atoms with Crippen LogP contribution in [0.4, 0.5) is 0 Å². The van der Waals surface area contributed by atoms with Gasteiger partial charge in [0, 0.05) is 231 Å². The number of hydrogen-bond donors (Lipinski definition) is 9. The summed E-state index contributed by atoms with van der Waals surface area (Å²) in [6.45, 7) is 9.51. The molecule has 1 unspecified atom stereocenters. The predicted octanol–water partition coefficient (Wildman–Crippen LogP) is 15.8. The number of aliphatic carboxylic acids is 3. The maximum absolute atomic E-state index is 12.5. The number of carbonyl (C=O) groups excluding carboxylic acids is 7. The van der Waals surface area contributed by atoms with E-state index in [0.717, 1.165) is 148 Å². The molecule has 0 saturated carbocycles. The molecular weight excluding hydrogens is 1740 g/mol. The number of hydrogen-bond acceptors (Lipinski definition) is 17. The van der Waals surface area contributed by atoms with Crippen molar-refractivity contribution in [3.8, 4) is 0 Å². The molecule has 0 bridgehead atoms. The minimum absolute atomic E-state index is 0.00366. The second kappa shape index (κ2) is 65.5. The van der Waals surface area contributed by atoms with E-state index < -0.39 is 23.9 Å². The number of carboxylic acids is 3. The van der Waals surface area contributed by atoms with E-state index in [0.29, 0.717) is 70.3 Å². The molecule has 7 amide bonds. The molecule has 0 aliphatic heterocycles. The van der Waals surface area contributed by atoms with E-state index >= 15 is 0 Å². The van der Waals surface area contributed by atoms with Gasteiger partial charge in [-0.1, -0.05) is 68.4 Å². The summed E-state index contributed by atoms with van der Waals surface area (Å²) in [5.41, 5.74) is 20.1. The molecule has 3 atom stereocenters. The number of amides is 7. The molecule has 3 aromatic carbocycles. The van der Waals surface area contributed by atoms with Gasteiger partial charge in [0.25, 0.3) is 0 Å². The summed E-state index contributed by atoms with van der Waals surface area (Å²) >= 11 is 0. The van der Waals surface area contributed by atoms with E-state index in [-0.39, 0.29) is 79.9 Å². The van der Waals surface area contributed by atoms with Crippen molar-refractivity contribution in [1.82, 2.24) is 80.0 Å². The summed E-state index contributed by atoms with van der Waals surface area (Å²) in [7, 11) is 8.47. The summed E-state index contributed by atoms with van der Waals surface area (Å²) in [6, 6.07) is 47.9. The largest absolute Gasteiger partial charge is 0.481 e. The molecule has 0 fully saturated rings. The molecule has 30 nitrogen and oxygen atoms in total. The summed E-state index contributed by atoms with van der Waals surface area (Å²) < 4.78 is 0. The first-order chi connectivity index (χ1) is 66.6. The molecule has 0 aliphatic rings. The lowest BCUT2D eigenvalue weighted by atomic mass is 10.0. The van der Waals surface area contributed by atoms with Crippen LogP contribution in [0.25, 0.3) is 32.7 Å². The SMILES string of the molecule is CCN(C)C(=O)CCCc1ccncc1.CCN(C)C(=O)CCCc1ccncc1.CC[C@@H](CCc1c[nH]c2ccccc12)NC(=O)CN(C)C(=O)CCCc1ccncc1.CC[C@H](N)CCc1c[nH]c2ccccc12.CN(CC(=O)NC(CCc1c[nH]c2ccccc12)CC(=O)O)C(=O)CCCc1ccncc1.CN(CC(=O)O)C(=O)CCCc1ccncc1.O=C(O)CCCc1ccncc1. The number of carboxylic acid groups (broad SMARTS) is 3. The maximum atomic E-state index is 12.5. The summed E-state index contributed by atoms with van der Waals surface area (Å²) in [6.07, 6.45) is 46.3. The van der Waals surface area contributed by atoms with Crippen LogP contribution in [0, 0.1) is 0 Å². The standard InChI is InChI=1S/C25H30N4O4.C25H32N4O2.C13H18N2.C12H16N2O3.2C12H18N2O.C9H11NO2/c1-29(24(31)8-4-5-18-11-13-26-14-12-18)17-23(30)28-20(15-25(32)33)10-9-19-16-27-22-7-3-2-6-21(19)22;1-3-21(12-11-20-17-27-23-9-5-4-8-22(20)23)28-24(30)18-29(2)25(31)10-6-7-19-13-15-26-16-14-19;1-2-11(14)8-7-10-9-15-13-6-4-3-5-12(10)13;1-14(9-12(16)17)11(15)4-2-3-10-5-7-13-8-6-10;2*1-3-14(2)12(15)6-4-5-11-7-9-13-10-8-11;11-9(12)3-1-2-8-4-6-10-7-5-8/h2-3,6-7,11-14,16,20,27H,4-5,8-10,15,17H2,1H3,(H,28,30)(H,32,33);4-5,8-9,13-17,21,27H,3,6-7,10-12,18H2,1-2H3,(H,28,30);3-6,9,11,15H,2,7-8,14H2,1H3;5-8H,2-4,9H2,1H3,(H,16,17);2*7-10H,3-6H2,1-2H3;4-7H,1-3H2,(H,11,12)/t;21-;11-;;;;/m.00..../s1. The van der Waals surface area contributed by atoms with Gasteiger partial charge >= 0.3 is 17.9 Å². The zero-order chi connectivity index (χ0) is 100. The monoisotopic (exact) mass is 1890 g/mol. The van der Waals surface area contributed by atoms with Crippen LogP contribution in [-0.4, -0.2) is 230 Å². The smallest absolute Gasteiger partial charge is 0.323 e. The fraction of sp³-hybridized carbons (Fsp3) is 0.407. The summed E-state index contributed by atoms with van der Waals surface area (Å²) in [4.78, 5) is 157. The van der Waals surface area contributed by atoms with Crippen molar-refractivity contribution >= 4 is 92.0 Å². The van der Waals surface area contributed by atoms with Gasteiger partial charge in [0.2, 0.25) is 41.4 Å². The Morgan fingerprint density at radius 2 is 0.572 bits per heavy atom. The molecule has 9 aromatic heterocycles. The lowest BCUT2D eigenvalue weighted by Crippen LogP contribution is -2.43. The molecule has 0 aliphatic carbocycles. The van der Waals surface area contributed by atoms with E-state index in [9.17, 15) is 53.1 Å². The number of aryl methyl sites for hydroxylation is 9. The molecule has 138 heavy (non-hydrogen) atoms. The molecular formula is C108H143N17O13. The van der Waals surface area contributed by atoms with Crippen LogP contribution in [0.2, 0.25) is 0 Å². The van der Waals surface area contributed by atoms with Gasteiger partial charge in [-0.15, -0.1) is 0 Å². The fourth-order valence-electron chi connectivity index (χ4n) is 14.7. The first kappa shape index (κ1) is 113. The average molecular weight is 1890 g/mol. The number of aromatic amines is 3. The Balaban J connectivity index is 0.000000256. The number of likely N-dealkylation sites (N-methyl/N-ethyl adjacent to an activating group) is 3.